The van der Waals surface area contributed by atoms with Crippen molar-refractivity contribution in [1.29, 1.82) is 0 Å². The van der Waals surface area contributed by atoms with Crippen molar-refractivity contribution in [1.82, 2.24) is 20.2 Å². The highest BCUT2D eigenvalue weighted by atomic mass is 32.1. The lowest BCUT2D eigenvalue weighted by atomic mass is 10.0. The van der Waals surface area contributed by atoms with Crippen molar-refractivity contribution >= 4 is 33.4 Å². The predicted molar refractivity (Wildman–Crippen MR) is 102 cm³/mol. The fourth-order valence-electron chi connectivity index (χ4n) is 2.67. The van der Waals surface area contributed by atoms with Crippen molar-refractivity contribution in [3.8, 4) is 0 Å². The molecule has 0 radical (unpaired) electrons. The van der Waals surface area contributed by atoms with Crippen molar-refractivity contribution < 1.29 is 14.0 Å². The Morgan fingerprint density at radius 1 is 1.37 bits per heavy atom. The molecular weight excluding hydrogens is 368 g/mol. The SMILES string of the molecule is CC(C)C(NC(=O)c1ccco1)C(=O)N(C)Cc1nc2ccsc2c(=O)[nH]1. The molecule has 0 aliphatic rings. The van der Waals surface area contributed by atoms with Gasteiger partial charge in [0.05, 0.1) is 18.3 Å². The van der Waals surface area contributed by atoms with Crippen molar-refractivity contribution in [3.05, 3.63) is 51.8 Å². The number of nitrogens with zero attached hydrogens (tertiary/aromatic N) is 2. The first kappa shape index (κ1) is 18.8. The van der Waals surface area contributed by atoms with E-state index in [1.54, 1.807) is 24.6 Å². The van der Waals surface area contributed by atoms with E-state index in [1.807, 2.05) is 13.8 Å². The van der Waals surface area contributed by atoms with Crippen LogP contribution in [0.4, 0.5) is 0 Å². The molecule has 3 aromatic rings. The summed E-state index contributed by atoms with van der Waals surface area (Å²) >= 11 is 1.32. The Morgan fingerprint density at radius 3 is 2.81 bits per heavy atom. The molecule has 0 aliphatic carbocycles. The maximum absolute atomic E-state index is 12.9. The van der Waals surface area contributed by atoms with Gasteiger partial charge < -0.3 is 19.6 Å². The van der Waals surface area contributed by atoms with Gasteiger partial charge in [0.1, 0.15) is 16.6 Å². The van der Waals surface area contributed by atoms with Gasteiger partial charge in [-0.15, -0.1) is 11.3 Å². The van der Waals surface area contributed by atoms with Crippen LogP contribution in [0.5, 0.6) is 0 Å². The molecule has 2 amide bonds. The number of fused-ring (bicyclic) bond motifs is 1. The van der Waals surface area contributed by atoms with Crippen molar-refractivity contribution in [2.75, 3.05) is 7.05 Å². The Morgan fingerprint density at radius 2 is 2.15 bits per heavy atom. The summed E-state index contributed by atoms with van der Waals surface area (Å²) in [6.45, 7) is 3.81. The number of carbonyl (C=O) groups excluding carboxylic acids is 2. The minimum Gasteiger partial charge on any atom is -0.459 e. The standard InChI is InChI=1S/C18H20N4O4S/c1-10(2)14(21-16(23)12-5-4-7-26-12)18(25)22(3)9-13-19-11-6-8-27-15(11)17(24)20-13/h4-8,10,14H,9H2,1-3H3,(H,21,23)(H,19,20,24). The molecule has 3 aromatic heterocycles. The summed E-state index contributed by atoms with van der Waals surface area (Å²) in [5, 5.41) is 4.50. The number of aromatic nitrogens is 2. The number of nitrogens with one attached hydrogen (secondary N) is 2. The lowest BCUT2D eigenvalue weighted by Crippen LogP contribution is -2.50. The van der Waals surface area contributed by atoms with Crippen LogP contribution in [-0.4, -0.2) is 39.8 Å². The molecule has 27 heavy (non-hydrogen) atoms. The number of hydrogen-bond acceptors (Lipinski definition) is 6. The van der Waals surface area contributed by atoms with Crippen LogP contribution in [0.3, 0.4) is 0 Å². The lowest BCUT2D eigenvalue weighted by Gasteiger charge is -2.26. The third-order valence-corrected chi connectivity index (χ3v) is 4.99. The maximum Gasteiger partial charge on any atom is 0.287 e. The summed E-state index contributed by atoms with van der Waals surface area (Å²) in [6, 6.07) is 4.17. The summed E-state index contributed by atoms with van der Waals surface area (Å²) < 4.78 is 5.63. The van der Waals surface area contributed by atoms with Crippen molar-refractivity contribution in [2.24, 2.45) is 5.92 Å². The van der Waals surface area contributed by atoms with Crippen LogP contribution in [-0.2, 0) is 11.3 Å². The molecule has 0 aromatic carbocycles. The van der Waals surface area contributed by atoms with Crippen LogP contribution in [0, 0.1) is 5.92 Å². The second kappa shape index (κ2) is 7.75. The summed E-state index contributed by atoms with van der Waals surface area (Å²) in [7, 11) is 1.61. The van der Waals surface area contributed by atoms with Gasteiger partial charge in [-0.25, -0.2) is 4.98 Å². The van der Waals surface area contributed by atoms with Gasteiger partial charge in [0.15, 0.2) is 5.76 Å². The van der Waals surface area contributed by atoms with E-state index >= 15 is 0 Å². The molecule has 1 atom stereocenters. The highest BCUT2D eigenvalue weighted by Gasteiger charge is 2.28. The van der Waals surface area contributed by atoms with Gasteiger partial charge in [0.25, 0.3) is 11.5 Å². The van der Waals surface area contributed by atoms with E-state index in [0.717, 1.165) is 0 Å². The topological polar surface area (TPSA) is 108 Å². The van der Waals surface area contributed by atoms with Gasteiger partial charge in [0.2, 0.25) is 5.91 Å². The largest absolute Gasteiger partial charge is 0.459 e. The fourth-order valence-corrected chi connectivity index (χ4v) is 3.40. The highest BCUT2D eigenvalue weighted by Crippen LogP contribution is 2.15. The van der Waals surface area contributed by atoms with Gasteiger partial charge >= 0.3 is 0 Å². The van der Waals surface area contributed by atoms with Gasteiger partial charge in [-0.3, -0.25) is 14.4 Å². The highest BCUT2D eigenvalue weighted by molar-refractivity contribution is 7.17. The minimum atomic E-state index is -0.732. The van der Waals surface area contributed by atoms with E-state index in [0.29, 0.717) is 16.0 Å². The molecule has 8 nitrogen and oxygen atoms in total. The number of rotatable bonds is 6. The predicted octanol–water partition coefficient (Wildman–Crippen LogP) is 1.99. The fraction of sp³-hybridized carbons (Fsp3) is 0.333. The van der Waals surface area contributed by atoms with E-state index in [1.165, 1.54) is 28.6 Å². The number of amides is 2. The molecule has 1 unspecified atom stereocenters. The number of aromatic amines is 1. The Hall–Kier alpha value is -2.94. The Balaban J connectivity index is 1.74. The quantitative estimate of drug-likeness (QED) is 0.671. The number of carbonyl (C=O) groups is 2. The molecule has 3 rings (SSSR count). The first-order valence-corrected chi connectivity index (χ1v) is 9.30. The lowest BCUT2D eigenvalue weighted by molar-refractivity contribution is -0.133. The van der Waals surface area contributed by atoms with Crippen LogP contribution in [0.2, 0.25) is 0 Å². The molecule has 3 heterocycles. The average molecular weight is 388 g/mol. The number of hydrogen-bond donors (Lipinski definition) is 2. The molecule has 0 aliphatic heterocycles. The molecule has 0 saturated heterocycles. The molecule has 2 N–H and O–H groups in total. The van der Waals surface area contributed by atoms with Crippen molar-refractivity contribution in [2.45, 2.75) is 26.4 Å². The zero-order valence-corrected chi connectivity index (χ0v) is 16.0. The third kappa shape index (κ3) is 4.08. The van der Waals surface area contributed by atoms with Crippen LogP contribution >= 0.6 is 11.3 Å². The van der Waals surface area contributed by atoms with Gasteiger partial charge in [-0.05, 0) is 29.5 Å². The van der Waals surface area contributed by atoms with E-state index in [-0.39, 0.29) is 29.7 Å². The first-order valence-electron chi connectivity index (χ1n) is 8.42. The summed E-state index contributed by atoms with van der Waals surface area (Å²) in [4.78, 5) is 45.7. The molecule has 0 bridgehead atoms. The van der Waals surface area contributed by atoms with E-state index < -0.39 is 11.9 Å². The number of thiophene rings is 1. The van der Waals surface area contributed by atoms with Gasteiger partial charge in [0, 0.05) is 7.05 Å². The number of H-pyrrole nitrogens is 1. The zero-order valence-electron chi connectivity index (χ0n) is 15.2. The third-order valence-electron chi connectivity index (χ3n) is 4.09. The van der Waals surface area contributed by atoms with Crippen molar-refractivity contribution in [3.63, 3.8) is 0 Å². The molecule has 9 heteroatoms. The first-order chi connectivity index (χ1) is 12.9. The van der Waals surface area contributed by atoms with E-state index in [2.05, 4.69) is 15.3 Å². The smallest absolute Gasteiger partial charge is 0.287 e. The van der Waals surface area contributed by atoms with Crippen LogP contribution in [0.25, 0.3) is 10.2 Å². The molecule has 0 spiro atoms. The molecule has 0 fully saturated rings. The molecule has 0 saturated carbocycles. The van der Waals surface area contributed by atoms with Crippen LogP contribution < -0.4 is 10.9 Å². The van der Waals surface area contributed by atoms with Crippen LogP contribution in [0.15, 0.2) is 39.1 Å². The van der Waals surface area contributed by atoms with E-state index in [9.17, 15) is 14.4 Å². The second-order valence-corrected chi connectivity index (χ2v) is 7.43. The molecular formula is C18H20N4O4S. The number of furan rings is 1. The minimum absolute atomic E-state index is 0.125. The van der Waals surface area contributed by atoms with Crippen LogP contribution in [0.1, 0.15) is 30.2 Å². The second-order valence-electron chi connectivity index (χ2n) is 6.51. The Kier molecular flexibility index (Phi) is 5.41. The summed E-state index contributed by atoms with van der Waals surface area (Å²) in [6.07, 6.45) is 1.40. The normalized spacial score (nSPS) is 12.3. The maximum atomic E-state index is 12.9. The number of likely N-dealkylation sites (N-methyl/N-ethyl adjacent to an activating group) is 1. The zero-order chi connectivity index (χ0) is 19.6. The van der Waals surface area contributed by atoms with Gasteiger partial charge in [-0.1, -0.05) is 13.8 Å². The van der Waals surface area contributed by atoms with E-state index in [4.69, 9.17) is 4.42 Å². The summed E-state index contributed by atoms with van der Waals surface area (Å²) in [5.74, 6) is -0.332. The average Bonchev–Trinajstić information content (AvgIpc) is 3.30. The Bertz CT molecular complexity index is 1010. The summed E-state index contributed by atoms with van der Waals surface area (Å²) in [5.41, 5.74) is 0.378. The Labute approximate surface area is 159 Å². The van der Waals surface area contributed by atoms with Gasteiger partial charge in [-0.2, -0.15) is 0 Å². The monoisotopic (exact) mass is 388 g/mol. The molecule has 142 valence electrons.